The van der Waals surface area contributed by atoms with Gasteiger partial charge in [-0.1, -0.05) is 24.3 Å². The number of benzene rings is 1. The highest BCUT2D eigenvalue weighted by Gasteiger charge is 2.05. The maximum Gasteiger partial charge on any atom is 0.335 e. The van der Waals surface area contributed by atoms with Crippen molar-refractivity contribution in [1.82, 2.24) is 4.98 Å². The standard InChI is InChI=1S/C13H11NO2/c1-2-5-12(15)16-11-8-3-6-10-7-4-9-14-13(10)11/h2-9H,1H3/b5-2+. The van der Waals surface area contributed by atoms with Crippen LogP contribution in [0.2, 0.25) is 0 Å². The van der Waals surface area contributed by atoms with Gasteiger partial charge in [0, 0.05) is 17.7 Å². The van der Waals surface area contributed by atoms with Crippen molar-refractivity contribution in [3.63, 3.8) is 0 Å². The topological polar surface area (TPSA) is 39.2 Å². The highest BCUT2D eigenvalue weighted by molar-refractivity contribution is 5.90. The first-order valence-electron chi connectivity index (χ1n) is 4.99. The lowest BCUT2D eigenvalue weighted by molar-refractivity contribution is -0.128. The lowest BCUT2D eigenvalue weighted by Gasteiger charge is -2.04. The predicted molar refractivity (Wildman–Crippen MR) is 62.2 cm³/mol. The highest BCUT2D eigenvalue weighted by atomic mass is 16.5. The Labute approximate surface area is 93.4 Å². The van der Waals surface area contributed by atoms with E-state index in [4.69, 9.17) is 4.74 Å². The van der Waals surface area contributed by atoms with E-state index in [1.54, 1.807) is 25.3 Å². The van der Waals surface area contributed by atoms with Crippen molar-refractivity contribution < 1.29 is 9.53 Å². The van der Waals surface area contributed by atoms with E-state index in [0.29, 0.717) is 11.3 Å². The van der Waals surface area contributed by atoms with E-state index in [1.165, 1.54) is 6.08 Å². The van der Waals surface area contributed by atoms with Gasteiger partial charge in [0.15, 0.2) is 5.75 Å². The van der Waals surface area contributed by atoms with Crippen molar-refractivity contribution >= 4 is 16.9 Å². The summed E-state index contributed by atoms with van der Waals surface area (Å²) < 4.78 is 5.18. The SMILES string of the molecule is C/C=C/C(=O)Oc1cccc2cccnc12. The summed E-state index contributed by atoms with van der Waals surface area (Å²) >= 11 is 0. The number of pyridine rings is 1. The Hall–Kier alpha value is -2.16. The van der Waals surface area contributed by atoms with Gasteiger partial charge in [-0.2, -0.15) is 0 Å². The van der Waals surface area contributed by atoms with Crippen LogP contribution >= 0.6 is 0 Å². The first-order valence-corrected chi connectivity index (χ1v) is 4.99. The summed E-state index contributed by atoms with van der Waals surface area (Å²) in [6.07, 6.45) is 4.69. The maximum absolute atomic E-state index is 11.3. The molecule has 0 unspecified atom stereocenters. The van der Waals surface area contributed by atoms with Crippen molar-refractivity contribution in [2.45, 2.75) is 6.92 Å². The Bertz CT molecular complexity index is 541. The largest absolute Gasteiger partial charge is 0.421 e. The number of hydrogen-bond donors (Lipinski definition) is 0. The molecule has 3 heteroatoms. The Kier molecular flexibility index (Phi) is 2.96. The Morgan fingerprint density at radius 1 is 1.31 bits per heavy atom. The maximum atomic E-state index is 11.3. The Morgan fingerprint density at radius 3 is 2.94 bits per heavy atom. The van der Waals surface area contributed by atoms with Crippen molar-refractivity contribution in [3.05, 3.63) is 48.7 Å². The molecule has 1 aromatic carbocycles. The van der Waals surface area contributed by atoms with Crippen LogP contribution in [0.1, 0.15) is 6.92 Å². The van der Waals surface area contributed by atoms with E-state index >= 15 is 0 Å². The normalized spacial score (nSPS) is 10.8. The van der Waals surface area contributed by atoms with E-state index < -0.39 is 0 Å². The molecule has 0 aliphatic rings. The number of aromatic nitrogens is 1. The summed E-state index contributed by atoms with van der Waals surface area (Å²) in [5.74, 6) is 0.0989. The Balaban J connectivity index is 2.41. The first-order chi connectivity index (χ1) is 7.81. The molecule has 0 aliphatic heterocycles. The number of esters is 1. The number of fused-ring (bicyclic) bond motifs is 1. The summed E-state index contributed by atoms with van der Waals surface area (Å²) in [6.45, 7) is 1.77. The molecule has 2 rings (SSSR count). The number of allylic oxidation sites excluding steroid dienone is 1. The molecule has 0 atom stereocenters. The highest BCUT2D eigenvalue weighted by Crippen LogP contribution is 2.22. The molecule has 0 saturated heterocycles. The second kappa shape index (κ2) is 4.57. The molecular formula is C13H11NO2. The van der Waals surface area contributed by atoms with Gasteiger partial charge in [-0.25, -0.2) is 4.79 Å². The molecule has 0 radical (unpaired) electrons. The summed E-state index contributed by atoms with van der Waals surface area (Å²) in [7, 11) is 0. The minimum Gasteiger partial charge on any atom is -0.421 e. The van der Waals surface area contributed by atoms with Crippen molar-refractivity contribution in [2.24, 2.45) is 0 Å². The van der Waals surface area contributed by atoms with Gasteiger partial charge >= 0.3 is 5.97 Å². The molecule has 1 aromatic heterocycles. The second-order valence-corrected chi connectivity index (χ2v) is 3.25. The minimum atomic E-state index is -0.388. The van der Waals surface area contributed by atoms with Gasteiger partial charge in [-0.3, -0.25) is 4.98 Å². The van der Waals surface area contributed by atoms with Gasteiger partial charge in [-0.05, 0) is 19.1 Å². The van der Waals surface area contributed by atoms with E-state index in [2.05, 4.69) is 4.98 Å². The molecule has 0 saturated carbocycles. The third kappa shape index (κ3) is 2.08. The lowest BCUT2D eigenvalue weighted by atomic mass is 10.2. The van der Waals surface area contributed by atoms with Crippen LogP contribution in [0, 0.1) is 0 Å². The molecule has 3 nitrogen and oxygen atoms in total. The molecule has 0 spiro atoms. The second-order valence-electron chi connectivity index (χ2n) is 3.25. The number of rotatable bonds is 2. The smallest absolute Gasteiger partial charge is 0.335 e. The number of carbonyl (C=O) groups is 1. The molecule has 0 bridgehead atoms. The molecule has 0 fully saturated rings. The Morgan fingerprint density at radius 2 is 2.12 bits per heavy atom. The number of nitrogens with zero attached hydrogens (tertiary/aromatic N) is 1. The number of carbonyl (C=O) groups excluding carboxylic acids is 1. The molecule has 1 heterocycles. The van der Waals surface area contributed by atoms with Crippen LogP contribution in [0.3, 0.4) is 0 Å². The van der Waals surface area contributed by atoms with E-state index in [0.717, 1.165) is 5.39 Å². The van der Waals surface area contributed by atoms with Crippen LogP contribution in [0.25, 0.3) is 10.9 Å². The number of hydrogen-bond acceptors (Lipinski definition) is 3. The third-order valence-corrected chi connectivity index (χ3v) is 2.11. The van der Waals surface area contributed by atoms with Crippen LogP contribution < -0.4 is 4.74 Å². The zero-order chi connectivity index (χ0) is 11.4. The van der Waals surface area contributed by atoms with Crippen LogP contribution in [0.5, 0.6) is 5.75 Å². The van der Waals surface area contributed by atoms with E-state index in [9.17, 15) is 4.79 Å². The molecule has 0 amide bonds. The number of para-hydroxylation sites is 1. The van der Waals surface area contributed by atoms with Crippen LogP contribution in [0.4, 0.5) is 0 Å². The molecule has 80 valence electrons. The number of ether oxygens (including phenoxy) is 1. The average Bonchev–Trinajstić information content (AvgIpc) is 2.30. The molecule has 16 heavy (non-hydrogen) atoms. The fourth-order valence-electron chi connectivity index (χ4n) is 1.44. The fourth-order valence-corrected chi connectivity index (χ4v) is 1.44. The van der Waals surface area contributed by atoms with Crippen LogP contribution in [-0.2, 0) is 4.79 Å². The van der Waals surface area contributed by atoms with Gasteiger partial charge in [0.05, 0.1) is 0 Å². The molecule has 2 aromatic rings. The zero-order valence-electron chi connectivity index (χ0n) is 8.88. The van der Waals surface area contributed by atoms with Crippen molar-refractivity contribution in [1.29, 1.82) is 0 Å². The molecule has 0 N–H and O–H groups in total. The van der Waals surface area contributed by atoms with Crippen LogP contribution in [-0.4, -0.2) is 11.0 Å². The van der Waals surface area contributed by atoms with Gasteiger partial charge < -0.3 is 4.74 Å². The zero-order valence-corrected chi connectivity index (χ0v) is 8.88. The summed E-state index contributed by atoms with van der Waals surface area (Å²) in [5, 5.41) is 0.952. The first kappa shape index (κ1) is 10.4. The van der Waals surface area contributed by atoms with Gasteiger partial charge in [0.25, 0.3) is 0 Å². The monoisotopic (exact) mass is 213 g/mol. The quantitative estimate of drug-likeness (QED) is 0.437. The van der Waals surface area contributed by atoms with Gasteiger partial charge in [-0.15, -0.1) is 0 Å². The third-order valence-electron chi connectivity index (χ3n) is 2.11. The van der Waals surface area contributed by atoms with Crippen LogP contribution in [0.15, 0.2) is 48.7 Å². The summed E-state index contributed by atoms with van der Waals surface area (Å²) in [5.41, 5.74) is 0.697. The van der Waals surface area contributed by atoms with Crippen molar-refractivity contribution in [3.8, 4) is 5.75 Å². The fraction of sp³-hybridized carbons (Fsp3) is 0.0769. The van der Waals surface area contributed by atoms with Gasteiger partial charge in [0.2, 0.25) is 0 Å². The lowest BCUT2D eigenvalue weighted by Crippen LogP contribution is -2.04. The van der Waals surface area contributed by atoms with E-state index in [-0.39, 0.29) is 5.97 Å². The predicted octanol–water partition coefficient (Wildman–Crippen LogP) is 2.72. The molecular weight excluding hydrogens is 202 g/mol. The van der Waals surface area contributed by atoms with E-state index in [1.807, 2.05) is 24.3 Å². The minimum absolute atomic E-state index is 0.388. The van der Waals surface area contributed by atoms with Gasteiger partial charge in [0.1, 0.15) is 5.52 Å². The molecule has 0 aliphatic carbocycles. The average molecular weight is 213 g/mol. The summed E-state index contributed by atoms with van der Waals surface area (Å²) in [4.78, 5) is 15.5. The summed E-state index contributed by atoms with van der Waals surface area (Å²) in [6, 6.07) is 9.27. The van der Waals surface area contributed by atoms with Crippen molar-refractivity contribution in [2.75, 3.05) is 0 Å².